The van der Waals surface area contributed by atoms with Gasteiger partial charge < -0.3 is 10.2 Å². The Hall–Kier alpha value is -1.55. The highest BCUT2D eigenvalue weighted by Gasteiger charge is 2.15. The fourth-order valence-electron chi connectivity index (χ4n) is 1.96. The zero-order chi connectivity index (χ0) is 15.1. The Morgan fingerprint density at radius 1 is 1.35 bits per heavy atom. The van der Waals surface area contributed by atoms with Crippen molar-refractivity contribution in [3.05, 3.63) is 28.8 Å². The number of carbonyl (C=O) groups is 2. The molecule has 0 fully saturated rings. The lowest BCUT2D eigenvalue weighted by Gasteiger charge is -2.23. The van der Waals surface area contributed by atoms with Crippen LogP contribution < -0.4 is 10.2 Å². The van der Waals surface area contributed by atoms with E-state index >= 15 is 0 Å². The molecule has 0 spiro atoms. The first kappa shape index (κ1) is 16.5. The number of halogens is 1. The van der Waals surface area contributed by atoms with Gasteiger partial charge in [-0.1, -0.05) is 24.6 Å². The Balaban J connectivity index is 2.73. The maximum absolute atomic E-state index is 11.8. The molecule has 20 heavy (non-hydrogen) atoms. The van der Waals surface area contributed by atoms with Crippen LogP contribution in [0, 0.1) is 6.92 Å². The van der Waals surface area contributed by atoms with E-state index < -0.39 is 0 Å². The fraction of sp³-hybridized carbons (Fsp3) is 0.467. The molecule has 110 valence electrons. The van der Waals surface area contributed by atoms with Gasteiger partial charge in [0.25, 0.3) is 0 Å². The van der Waals surface area contributed by atoms with E-state index in [0.717, 1.165) is 17.7 Å². The molecule has 0 saturated carbocycles. The van der Waals surface area contributed by atoms with Gasteiger partial charge in [0, 0.05) is 37.1 Å². The van der Waals surface area contributed by atoms with Crippen molar-refractivity contribution in [3.8, 4) is 0 Å². The molecule has 4 nitrogen and oxygen atoms in total. The molecule has 5 heteroatoms. The number of nitrogens with zero attached hydrogens (tertiary/aromatic N) is 1. The maximum atomic E-state index is 11.8. The second-order valence-corrected chi connectivity index (χ2v) is 5.06. The molecule has 0 aliphatic heterocycles. The third-order valence-electron chi connectivity index (χ3n) is 3.04. The number of hydrogen-bond acceptors (Lipinski definition) is 2. The number of amides is 2. The number of anilines is 1. The van der Waals surface area contributed by atoms with Gasteiger partial charge in [0.2, 0.25) is 11.8 Å². The first-order chi connectivity index (χ1) is 9.47. The molecule has 0 aliphatic carbocycles. The average Bonchev–Trinajstić information content (AvgIpc) is 2.38. The van der Waals surface area contributed by atoms with E-state index in [1.807, 2.05) is 26.0 Å². The third-order valence-corrected chi connectivity index (χ3v) is 3.45. The van der Waals surface area contributed by atoms with Gasteiger partial charge in [-0.3, -0.25) is 9.59 Å². The summed E-state index contributed by atoms with van der Waals surface area (Å²) in [6.45, 7) is 6.21. The molecule has 0 saturated heterocycles. The van der Waals surface area contributed by atoms with Crippen molar-refractivity contribution in [1.82, 2.24) is 5.32 Å². The van der Waals surface area contributed by atoms with Gasteiger partial charge >= 0.3 is 0 Å². The Morgan fingerprint density at radius 2 is 2.05 bits per heavy atom. The van der Waals surface area contributed by atoms with Crippen LogP contribution in [-0.2, 0) is 9.59 Å². The molecule has 1 N–H and O–H groups in total. The monoisotopic (exact) mass is 296 g/mol. The molecule has 0 aliphatic rings. The number of carbonyl (C=O) groups excluding carboxylic acids is 2. The third kappa shape index (κ3) is 4.53. The highest BCUT2D eigenvalue weighted by atomic mass is 35.5. The molecule has 2 amide bonds. The summed E-state index contributed by atoms with van der Waals surface area (Å²) in [6.07, 6.45) is 1.33. The summed E-state index contributed by atoms with van der Waals surface area (Å²) in [5.74, 6) is -0.0566. The SMILES string of the molecule is CCCC(=O)NCCN(C(C)=O)c1cccc(Cl)c1C. The van der Waals surface area contributed by atoms with Gasteiger partial charge in [-0.2, -0.15) is 0 Å². The summed E-state index contributed by atoms with van der Waals surface area (Å²) in [6, 6.07) is 5.47. The van der Waals surface area contributed by atoms with Gasteiger partial charge in [0.1, 0.15) is 0 Å². The van der Waals surface area contributed by atoms with E-state index in [1.54, 1.807) is 11.0 Å². The summed E-state index contributed by atoms with van der Waals surface area (Å²) in [4.78, 5) is 24.8. The highest BCUT2D eigenvalue weighted by molar-refractivity contribution is 6.31. The van der Waals surface area contributed by atoms with Crippen LogP contribution in [0.25, 0.3) is 0 Å². The second kappa shape index (κ2) is 7.90. The molecule has 0 bridgehead atoms. The highest BCUT2D eigenvalue weighted by Crippen LogP contribution is 2.26. The van der Waals surface area contributed by atoms with Crippen LogP contribution in [0.5, 0.6) is 0 Å². The van der Waals surface area contributed by atoms with Gasteiger partial charge in [-0.05, 0) is 31.0 Å². The molecule has 1 aromatic rings. The lowest BCUT2D eigenvalue weighted by Crippen LogP contribution is -2.37. The molecule has 0 atom stereocenters. The Morgan fingerprint density at radius 3 is 2.65 bits per heavy atom. The first-order valence-corrected chi connectivity index (χ1v) is 7.15. The summed E-state index contributed by atoms with van der Waals surface area (Å²) in [5.41, 5.74) is 1.65. The van der Waals surface area contributed by atoms with Crippen molar-refractivity contribution < 1.29 is 9.59 Å². The number of rotatable bonds is 6. The predicted octanol–water partition coefficient (Wildman–Crippen LogP) is 2.92. The number of hydrogen-bond donors (Lipinski definition) is 1. The van der Waals surface area contributed by atoms with Gasteiger partial charge in [0.05, 0.1) is 0 Å². The van der Waals surface area contributed by atoms with Crippen molar-refractivity contribution in [1.29, 1.82) is 0 Å². The molecule has 1 aromatic carbocycles. The number of benzene rings is 1. The molecular formula is C15H21ClN2O2. The minimum absolute atomic E-state index is 0.0128. The minimum atomic E-state index is -0.0693. The molecular weight excluding hydrogens is 276 g/mol. The lowest BCUT2D eigenvalue weighted by molar-refractivity contribution is -0.121. The van der Waals surface area contributed by atoms with Crippen LogP contribution in [0.3, 0.4) is 0 Å². The van der Waals surface area contributed by atoms with Gasteiger partial charge in [0.15, 0.2) is 0 Å². The van der Waals surface area contributed by atoms with Gasteiger partial charge in [-0.25, -0.2) is 0 Å². The molecule has 0 heterocycles. The van der Waals surface area contributed by atoms with E-state index in [0.29, 0.717) is 24.5 Å². The normalized spacial score (nSPS) is 10.2. The van der Waals surface area contributed by atoms with Crippen molar-refractivity contribution >= 4 is 29.1 Å². The lowest BCUT2D eigenvalue weighted by atomic mass is 10.1. The van der Waals surface area contributed by atoms with Crippen LogP contribution in [-0.4, -0.2) is 24.9 Å². The second-order valence-electron chi connectivity index (χ2n) is 4.65. The van der Waals surface area contributed by atoms with Crippen LogP contribution in [0.1, 0.15) is 32.3 Å². The predicted molar refractivity (Wildman–Crippen MR) is 82.1 cm³/mol. The fourth-order valence-corrected chi connectivity index (χ4v) is 2.13. The van der Waals surface area contributed by atoms with E-state index in [2.05, 4.69) is 5.32 Å². The summed E-state index contributed by atoms with van der Waals surface area (Å²) in [7, 11) is 0. The van der Waals surface area contributed by atoms with Crippen molar-refractivity contribution in [2.45, 2.75) is 33.6 Å². The van der Waals surface area contributed by atoms with E-state index in [4.69, 9.17) is 11.6 Å². The maximum Gasteiger partial charge on any atom is 0.223 e. The van der Waals surface area contributed by atoms with Crippen LogP contribution in [0.4, 0.5) is 5.69 Å². The Bertz CT molecular complexity index is 489. The van der Waals surface area contributed by atoms with E-state index in [1.165, 1.54) is 6.92 Å². The summed E-state index contributed by atoms with van der Waals surface area (Å²) in [5, 5.41) is 3.44. The number of nitrogens with one attached hydrogen (secondary N) is 1. The average molecular weight is 297 g/mol. The largest absolute Gasteiger partial charge is 0.354 e. The van der Waals surface area contributed by atoms with Crippen LogP contribution in [0.2, 0.25) is 5.02 Å². The van der Waals surface area contributed by atoms with Crippen LogP contribution >= 0.6 is 11.6 Å². The topological polar surface area (TPSA) is 49.4 Å². The van der Waals surface area contributed by atoms with Gasteiger partial charge in [-0.15, -0.1) is 0 Å². The zero-order valence-electron chi connectivity index (χ0n) is 12.2. The first-order valence-electron chi connectivity index (χ1n) is 6.77. The Kier molecular flexibility index (Phi) is 6.52. The van der Waals surface area contributed by atoms with E-state index in [-0.39, 0.29) is 11.8 Å². The molecule has 0 unspecified atom stereocenters. The summed E-state index contributed by atoms with van der Waals surface area (Å²) < 4.78 is 0. The quantitative estimate of drug-likeness (QED) is 0.877. The smallest absolute Gasteiger partial charge is 0.223 e. The van der Waals surface area contributed by atoms with E-state index in [9.17, 15) is 9.59 Å². The van der Waals surface area contributed by atoms with Crippen molar-refractivity contribution in [2.75, 3.05) is 18.0 Å². The molecule has 0 aromatic heterocycles. The standard InChI is InChI=1S/C15H21ClN2O2/c1-4-6-15(20)17-9-10-18(12(3)19)14-8-5-7-13(16)11(14)2/h5,7-8H,4,6,9-10H2,1-3H3,(H,17,20). The Labute approximate surface area is 125 Å². The minimum Gasteiger partial charge on any atom is -0.354 e. The summed E-state index contributed by atoms with van der Waals surface area (Å²) >= 11 is 6.08. The molecule has 1 rings (SSSR count). The van der Waals surface area contributed by atoms with Crippen LogP contribution in [0.15, 0.2) is 18.2 Å². The van der Waals surface area contributed by atoms with Crippen molar-refractivity contribution in [2.24, 2.45) is 0 Å². The zero-order valence-corrected chi connectivity index (χ0v) is 13.0. The molecule has 0 radical (unpaired) electrons. The van der Waals surface area contributed by atoms with Crippen molar-refractivity contribution in [3.63, 3.8) is 0 Å².